The van der Waals surface area contributed by atoms with E-state index in [4.69, 9.17) is 22.1 Å². The third-order valence-electron chi connectivity index (χ3n) is 2.63. The third-order valence-corrected chi connectivity index (χ3v) is 2.98. The Morgan fingerprint density at radius 2 is 2.28 bits per heavy atom. The van der Waals surface area contributed by atoms with Gasteiger partial charge >= 0.3 is 0 Å². The Labute approximate surface area is 111 Å². The SMILES string of the molecule is NCc1ccc(OCCCn2ccnc2)cc1Cl. The summed E-state index contributed by atoms with van der Waals surface area (Å²) in [5, 5.41) is 0.657. The lowest BCUT2D eigenvalue weighted by Gasteiger charge is -2.08. The maximum atomic E-state index is 6.05. The molecule has 0 amide bonds. The Morgan fingerprint density at radius 1 is 1.39 bits per heavy atom. The first-order valence-electron chi connectivity index (χ1n) is 5.86. The van der Waals surface area contributed by atoms with Crippen LogP contribution in [0.5, 0.6) is 5.75 Å². The second-order valence-electron chi connectivity index (χ2n) is 3.96. The molecule has 2 rings (SSSR count). The van der Waals surface area contributed by atoms with Gasteiger partial charge in [-0.2, -0.15) is 0 Å². The molecule has 0 aliphatic rings. The molecule has 0 saturated heterocycles. The van der Waals surface area contributed by atoms with Crippen molar-refractivity contribution in [2.45, 2.75) is 19.5 Å². The lowest BCUT2D eigenvalue weighted by atomic mass is 10.2. The molecule has 0 radical (unpaired) electrons. The Morgan fingerprint density at radius 3 is 2.94 bits per heavy atom. The van der Waals surface area contributed by atoms with Crippen LogP contribution in [-0.4, -0.2) is 16.2 Å². The Balaban J connectivity index is 1.78. The van der Waals surface area contributed by atoms with Crippen LogP contribution in [0.2, 0.25) is 5.02 Å². The van der Waals surface area contributed by atoms with Gasteiger partial charge in [0.15, 0.2) is 0 Å². The molecule has 2 aromatic rings. The normalized spacial score (nSPS) is 10.6. The first-order chi connectivity index (χ1) is 8.79. The Hall–Kier alpha value is -1.52. The van der Waals surface area contributed by atoms with Crippen LogP contribution >= 0.6 is 11.6 Å². The fourth-order valence-corrected chi connectivity index (χ4v) is 1.89. The number of hydrogen-bond acceptors (Lipinski definition) is 3. The zero-order chi connectivity index (χ0) is 12.8. The molecule has 0 aliphatic heterocycles. The minimum absolute atomic E-state index is 0.444. The van der Waals surface area contributed by atoms with E-state index in [-0.39, 0.29) is 0 Å². The van der Waals surface area contributed by atoms with Gasteiger partial charge < -0.3 is 15.0 Å². The average molecular weight is 266 g/mol. The summed E-state index contributed by atoms with van der Waals surface area (Å²) in [5.41, 5.74) is 6.48. The van der Waals surface area contributed by atoms with Crippen molar-refractivity contribution in [2.24, 2.45) is 5.73 Å². The number of rotatable bonds is 6. The lowest BCUT2D eigenvalue weighted by molar-refractivity contribution is 0.301. The van der Waals surface area contributed by atoms with Gasteiger partial charge in [-0.05, 0) is 24.1 Å². The molecular weight excluding hydrogens is 250 g/mol. The Kier molecular flexibility index (Phi) is 4.61. The molecule has 0 atom stereocenters. The number of aromatic nitrogens is 2. The maximum absolute atomic E-state index is 6.05. The number of aryl methyl sites for hydroxylation is 1. The second kappa shape index (κ2) is 6.42. The molecular formula is C13H16ClN3O. The van der Waals surface area contributed by atoms with Gasteiger partial charge in [0.25, 0.3) is 0 Å². The molecule has 1 heterocycles. The van der Waals surface area contributed by atoms with Crippen molar-refractivity contribution in [1.29, 1.82) is 0 Å². The summed E-state index contributed by atoms with van der Waals surface area (Å²) in [6, 6.07) is 5.60. The van der Waals surface area contributed by atoms with Crippen molar-refractivity contribution in [3.8, 4) is 5.75 Å². The van der Waals surface area contributed by atoms with E-state index in [2.05, 4.69) is 4.98 Å². The minimum atomic E-state index is 0.444. The first kappa shape index (κ1) is 12.9. The van der Waals surface area contributed by atoms with Crippen molar-refractivity contribution in [1.82, 2.24) is 9.55 Å². The molecule has 0 bridgehead atoms. The van der Waals surface area contributed by atoms with Gasteiger partial charge in [0.1, 0.15) is 5.75 Å². The highest BCUT2D eigenvalue weighted by Crippen LogP contribution is 2.22. The van der Waals surface area contributed by atoms with E-state index in [1.54, 1.807) is 18.6 Å². The van der Waals surface area contributed by atoms with Crippen LogP contribution < -0.4 is 10.5 Å². The van der Waals surface area contributed by atoms with Crippen LogP contribution in [0.1, 0.15) is 12.0 Å². The largest absolute Gasteiger partial charge is 0.493 e. The number of halogens is 1. The zero-order valence-corrected chi connectivity index (χ0v) is 10.8. The van der Waals surface area contributed by atoms with E-state index in [9.17, 15) is 0 Å². The minimum Gasteiger partial charge on any atom is -0.493 e. The van der Waals surface area contributed by atoms with E-state index in [0.717, 1.165) is 24.3 Å². The average Bonchev–Trinajstić information content (AvgIpc) is 2.88. The van der Waals surface area contributed by atoms with Gasteiger partial charge in [0.05, 0.1) is 12.9 Å². The molecule has 5 heteroatoms. The van der Waals surface area contributed by atoms with E-state index >= 15 is 0 Å². The smallest absolute Gasteiger partial charge is 0.120 e. The van der Waals surface area contributed by atoms with Crippen molar-refractivity contribution in [3.63, 3.8) is 0 Å². The van der Waals surface area contributed by atoms with Crippen LogP contribution in [0.4, 0.5) is 0 Å². The monoisotopic (exact) mass is 265 g/mol. The molecule has 0 saturated carbocycles. The number of nitrogens with two attached hydrogens (primary N) is 1. The van der Waals surface area contributed by atoms with Crippen molar-refractivity contribution >= 4 is 11.6 Å². The van der Waals surface area contributed by atoms with Crippen LogP contribution in [0.25, 0.3) is 0 Å². The molecule has 0 aliphatic carbocycles. The molecule has 2 N–H and O–H groups in total. The number of ether oxygens (including phenoxy) is 1. The highest BCUT2D eigenvalue weighted by molar-refractivity contribution is 6.31. The van der Waals surface area contributed by atoms with Gasteiger partial charge in [0.2, 0.25) is 0 Å². The van der Waals surface area contributed by atoms with Crippen molar-refractivity contribution < 1.29 is 4.74 Å². The van der Waals surface area contributed by atoms with E-state index in [0.29, 0.717) is 18.2 Å². The quantitative estimate of drug-likeness (QED) is 0.817. The van der Waals surface area contributed by atoms with Gasteiger partial charge in [-0.1, -0.05) is 17.7 Å². The summed E-state index contributed by atoms with van der Waals surface area (Å²) in [5.74, 6) is 0.780. The van der Waals surface area contributed by atoms with Crippen LogP contribution in [-0.2, 0) is 13.1 Å². The van der Waals surface area contributed by atoms with Crippen molar-refractivity contribution in [2.75, 3.05) is 6.61 Å². The summed E-state index contributed by atoms with van der Waals surface area (Å²) in [4.78, 5) is 3.98. The molecule has 18 heavy (non-hydrogen) atoms. The van der Waals surface area contributed by atoms with Crippen LogP contribution in [0.3, 0.4) is 0 Å². The van der Waals surface area contributed by atoms with Crippen molar-refractivity contribution in [3.05, 3.63) is 47.5 Å². The predicted molar refractivity (Wildman–Crippen MR) is 71.7 cm³/mol. The summed E-state index contributed by atoms with van der Waals surface area (Å²) < 4.78 is 7.65. The molecule has 0 unspecified atom stereocenters. The first-order valence-corrected chi connectivity index (χ1v) is 6.24. The standard InChI is InChI=1S/C13H16ClN3O/c14-13-8-12(3-2-11(13)9-15)18-7-1-5-17-6-4-16-10-17/h2-4,6,8,10H,1,5,7,9,15H2. The maximum Gasteiger partial charge on any atom is 0.120 e. The van der Waals surface area contributed by atoms with Gasteiger partial charge in [-0.3, -0.25) is 0 Å². The highest BCUT2D eigenvalue weighted by atomic mass is 35.5. The number of imidazole rings is 1. The van der Waals surface area contributed by atoms with Gasteiger partial charge in [-0.15, -0.1) is 0 Å². The molecule has 0 fully saturated rings. The van der Waals surface area contributed by atoms with Crippen LogP contribution in [0, 0.1) is 0 Å². The molecule has 1 aromatic heterocycles. The fraction of sp³-hybridized carbons (Fsp3) is 0.308. The number of nitrogens with zero attached hydrogens (tertiary/aromatic N) is 2. The summed E-state index contributed by atoms with van der Waals surface area (Å²) in [7, 11) is 0. The topological polar surface area (TPSA) is 53.1 Å². The second-order valence-corrected chi connectivity index (χ2v) is 4.37. The molecule has 96 valence electrons. The highest BCUT2D eigenvalue weighted by Gasteiger charge is 2.01. The molecule has 1 aromatic carbocycles. The van der Waals surface area contributed by atoms with Crippen LogP contribution in [0.15, 0.2) is 36.9 Å². The van der Waals surface area contributed by atoms with E-state index < -0.39 is 0 Å². The number of hydrogen-bond donors (Lipinski definition) is 1. The third kappa shape index (κ3) is 3.48. The van der Waals surface area contributed by atoms with E-state index in [1.165, 1.54) is 0 Å². The van der Waals surface area contributed by atoms with Gasteiger partial charge in [-0.25, -0.2) is 4.98 Å². The zero-order valence-electron chi connectivity index (χ0n) is 10.1. The van der Waals surface area contributed by atoms with E-state index in [1.807, 2.05) is 22.9 Å². The number of benzene rings is 1. The van der Waals surface area contributed by atoms with Gasteiger partial charge in [0, 0.05) is 30.5 Å². The summed E-state index contributed by atoms with van der Waals surface area (Å²) >= 11 is 6.05. The predicted octanol–water partition coefficient (Wildman–Crippen LogP) is 2.46. The lowest BCUT2D eigenvalue weighted by Crippen LogP contribution is -2.03. The summed E-state index contributed by atoms with van der Waals surface area (Å²) in [6.45, 7) is 1.99. The fourth-order valence-electron chi connectivity index (χ4n) is 1.64. The molecule has 0 spiro atoms. The molecule has 4 nitrogen and oxygen atoms in total. The summed E-state index contributed by atoms with van der Waals surface area (Å²) in [6.07, 6.45) is 6.43. The Bertz CT molecular complexity index is 485.